The number of hydrogen-bond acceptors (Lipinski definition) is 1. The maximum atomic E-state index is 11.4. The van der Waals surface area contributed by atoms with Crippen molar-refractivity contribution in [3.63, 3.8) is 0 Å². The van der Waals surface area contributed by atoms with E-state index in [1.165, 1.54) is 4.90 Å². The SMILES string of the molecule is NC(=O)N(Cc1ccccc1)c1cc[c]cc1. The predicted molar refractivity (Wildman–Crippen MR) is 67.5 cm³/mol. The number of anilines is 1. The van der Waals surface area contributed by atoms with Gasteiger partial charge in [-0.2, -0.15) is 0 Å². The van der Waals surface area contributed by atoms with Crippen molar-refractivity contribution in [2.45, 2.75) is 6.54 Å². The second kappa shape index (κ2) is 5.16. The Morgan fingerprint density at radius 1 is 1.12 bits per heavy atom. The van der Waals surface area contributed by atoms with Gasteiger partial charge >= 0.3 is 6.03 Å². The number of primary amides is 1. The molecule has 0 aromatic heterocycles. The number of rotatable bonds is 3. The Kier molecular flexibility index (Phi) is 3.40. The van der Waals surface area contributed by atoms with E-state index in [4.69, 9.17) is 5.73 Å². The Morgan fingerprint density at radius 3 is 2.35 bits per heavy atom. The van der Waals surface area contributed by atoms with Crippen LogP contribution >= 0.6 is 0 Å². The van der Waals surface area contributed by atoms with Crippen LogP contribution in [0.15, 0.2) is 54.6 Å². The molecule has 0 aliphatic rings. The summed E-state index contributed by atoms with van der Waals surface area (Å²) in [7, 11) is 0. The van der Waals surface area contributed by atoms with Gasteiger partial charge in [0.05, 0.1) is 6.54 Å². The van der Waals surface area contributed by atoms with Gasteiger partial charge in [-0.15, -0.1) is 0 Å². The van der Waals surface area contributed by atoms with Gasteiger partial charge in [-0.1, -0.05) is 42.5 Å². The fourth-order valence-electron chi connectivity index (χ4n) is 1.62. The summed E-state index contributed by atoms with van der Waals surface area (Å²) >= 11 is 0. The molecule has 0 saturated heterocycles. The van der Waals surface area contributed by atoms with Crippen molar-refractivity contribution in [2.75, 3.05) is 4.90 Å². The van der Waals surface area contributed by atoms with Crippen LogP contribution in [-0.4, -0.2) is 6.03 Å². The summed E-state index contributed by atoms with van der Waals surface area (Å²) in [6.45, 7) is 0.472. The average Bonchev–Trinajstić information content (AvgIpc) is 2.38. The van der Waals surface area contributed by atoms with E-state index in [1.807, 2.05) is 42.5 Å². The lowest BCUT2D eigenvalue weighted by Gasteiger charge is -2.20. The molecule has 0 saturated carbocycles. The van der Waals surface area contributed by atoms with E-state index in [0.29, 0.717) is 6.54 Å². The smallest absolute Gasteiger partial charge is 0.319 e. The van der Waals surface area contributed by atoms with E-state index >= 15 is 0 Å². The molecule has 2 N–H and O–H groups in total. The zero-order chi connectivity index (χ0) is 12.1. The molecule has 0 fully saturated rings. The van der Waals surface area contributed by atoms with E-state index in [9.17, 15) is 4.79 Å². The number of nitrogens with two attached hydrogens (primary N) is 1. The normalized spacial score (nSPS) is 9.88. The maximum Gasteiger partial charge on any atom is 0.319 e. The molecule has 2 aromatic rings. The fraction of sp³-hybridized carbons (Fsp3) is 0.0714. The van der Waals surface area contributed by atoms with E-state index in [0.717, 1.165) is 11.3 Å². The molecule has 85 valence electrons. The topological polar surface area (TPSA) is 46.3 Å². The molecule has 0 bridgehead atoms. The van der Waals surface area contributed by atoms with Crippen molar-refractivity contribution in [2.24, 2.45) is 5.73 Å². The van der Waals surface area contributed by atoms with Gasteiger partial charge in [0.15, 0.2) is 0 Å². The highest BCUT2D eigenvalue weighted by atomic mass is 16.2. The van der Waals surface area contributed by atoms with Crippen LogP contribution in [0, 0.1) is 6.07 Å². The van der Waals surface area contributed by atoms with Crippen LogP contribution in [0.5, 0.6) is 0 Å². The van der Waals surface area contributed by atoms with Gasteiger partial charge in [0.1, 0.15) is 0 Å². The monoisotopic (exact) mass is 225 g/mol. The molecule has 0 spiro atoms. The third kappa shape index (κ3) is 2.84. The van der Waals surface area contributed by atoms with Crippen LogP contribution < -0.4 is 10.6 Å². The van der Waals surface area contributed by atoms with E-state index in [2.05, 4.69) is 6.07 Å². The third-order valence-electron chi connectivity index (χ3n) is 2.46. The Hall–Kier alpha value is -2.29. The molecule has 0 aliphatic carbocycles. The van der Waals surface area contributed by atoms with Crippen molar-refractivity contribution in [1.82, 2.24) is 0 Å². The van der Waals surface area contributed by atoms with Crippen LogP contribution in [0.4, 0.5) is 10.5 Å². The summed E-state index contributed by atoms with van der Waals surface area (Å²) in [5.74, 6) is 0. The first-order chi connectivity index (χ1) is 8.27. The summed E-state index contributed by atoms with van der Waals surface area (Å²) in [6.07, 6.45) is 0. The van der Waals surface area contributed by atoms with Crippen LogP contribution in [0.1, 0.15) is 5.56 Å². The van der Waals surface area contributed by atoms with Gasteiger partial charge in [0.2, 0.25) is 0 Å². The Morgan fingerprint density at radius 2 is 1.76 bits per heavy atom. The van der Waals surface area contributed by atoms with Crippen molar-refractivity contribution in [3.8, 4) is 0 Å². The lowest BCUT2D eigenvalue weighted by Crippen LogP contribution is -2.35. The number of amides is 2. The molecule has 0 aliphatic heterocycles. The van der Waals surface area contributed by atoms with Crippen molar-refractivity contribution < 1.29 is 4.79 Å². The Labute approximate surface area is 100 Å². The number of carbonyl (C=O) groups excluding carboxylic acids is 1. The average molecular weight is 225 g/mol. The summed E-state index contributed by atoms with van der Waals surface area (Å²) in [6, 6.07) is 19.3. The molecule has 1 radical (unpaired) electrons. The first-order valence-electron chi connectivity index (χ1n) is 5.34. The van der Waals surface area contributed by atoms with Crippen LogP contribution in [-0.2, 0) is 6.54 Å². The largest absolute Gasteiger partial charge is 0.351 e. The first-order valence-corrected chi connectivity index (χ1v) is 5.34. The predicted octanol–water partition coefficient (Wildman–Crippen LogP) is 2.57. The number of carbonyl (C=O) groups is 1. The van der Waals surface area contributed by atoms with Crippen LogP contribution in [0.3, 0.4) is 0 Å². The quantitative estimate of drug-likeness (QED) is 0.857. The fourth-order valence-corrected chi connectivity index (χ4v) is 1.62. The van der Waals surface area contributed by atoms with Gasteiger partial charge in [0, 0.05) is 5.69 Å². The third-order valence-corrected chi connectivity index (χ3v) is 2.46. The zero-order valence-corrected chi connectivity index (χ0v) is 9.34. The van der Waals surface area contributed by atoms with Crippen molar-refractivity contribution in [1.29, 1.82) is 0 Å². The molecule has 2 amide bonds. The molecule has 0 atom stereocenters. The summed E-state index contributed by atoms with van der Waals surface area (Å²) < 4.78 is 0. The van der Waals surface area contributed by atoms with Gasteiger partial charge in [-0.3, -0.25) is 4.90 Å². The molecule has 3 nitrogen and oxygen atoms in total. The molecular weight excluding hydrogens is 212 g/mol. The van der Waals surface area contributed by atoms with Crippen LogP contribution in [0.25, 0.3) is 0 Å². The highest BCUT2D eigenvalue weighted by Crippen LogP contribution is 2.16. The maximum absolute atomic E-state index is 11.4. The van der Waals surface area contributed by atoms with Gasteiger partial charge in [-0.05, 0) is 23.8 Å². The van der Waals surface area contributed by atoms with Gasteiger partial charge < -0.3 is 5.73 Å². The highest BCUT2D eigenvalue weighted by molar-refractivity contribution is 5.90. The lowest BCUT2D eigenvalue weighted by molar-refractivity contribution is 0.253. The number of hydrogen-bond donors (Lipinski definition) is 1. The zero-order valence-electron chi connectivity index (χ0n) is 9.34. The lowest BCUT2D eigenvalue weighted by atomic mass is 10.2. The standard InChI is InChI=1S/C14H13N2O/c15-14(17)16(13-9-5-2-6-10-13)11-12-7-3-1-4-8-12/h1,3-10H,11H2,(H2,15,17). The molecule has 3 heteroatoms. The summed E-state index contributed by atoms with van der Waals surface area (Å²) in [4.78, 5) is 13.0. The second-order valence-electron chi connectivity index (χ2n) is 3.67. The van der Waals surface area contributed by atoms with Gasteiger partial charge in [0.25, 0.3) is 0 Å². The number of nitrogens with zero attached hydrogens (tertiary/aromatic N) is 1. The second-order valence-corrected chi connectivity index (χ2v) is 3.67. The highest BCUT2D eigenvalue weighted by Gasteiger charge is 2.11. The Balaban J connectivity index is 2.23. The molecule has 2 aromatic carbocycles. The van der Waals surface area contributed by atoms with E-state index in [1.54, 1.807) is 12.1 Å². The van der Waals surface area contributed by atoms with Crippen molar-refractivity contribution >= 4 is 11.7 Å². The molecule has 17 heavy (non-hydrogen) atoms. The summed E-state index contributed by atoms with van der Waals surface area (Å²) in [5.41, 5.74) is 7.21. The molecule has 0 unspecified atom stereocenters. The molecule has 0 heterocycles. The number of benzene rings is 2. The first kappa shape index (κ1) is 11.2. The van der Waals surface area contributed by atoms with E-state index in [-0.39, 0.29) is 0 Å². The minimum Gasteiger partial charge on any atom is -0.351 e. The molecule has 2 rings (SSSR count). The minimum absolute atomic E-state index is 0.458. The minimum atomic E-state index is -0.458. The Bertz CT molecular complexity index is 482. The number of urea groups is 1. The van der Waals surface area contributed by atoms with Crippen molar-refractivity contribution in [3.05, 3.63) is 66.2 Å². The summed E-state index contributed by atoms with van der Waals surface area (Å²) in [5, 5.41) is 0. The van der Waals surface area contributed by atoms with Gasteiger partial charge in [-0.25, -0.2) is 4.79 Å². The van der Waals surface area contributed by atoms with Crippen LogP contribution in [0.2, 0.25) is 0 Å². The molecular formula is C14H13N2O. The van der Waals surface area contributed by atoms with E-state index < -0.39 is 6.03 Å².